The fraction of sp³-hybridized carbons (Fsp3) is 0.706. The third kappa shape index (κ3) is 3.51. The monoisotopic (exact) mass is 276 g/mol. The lowest BCUT2D eigenvalue weighted by Gasteiger charge is -2.39. The highest BCUT2D eigenvalue weighted by Gasteiger charge is 2.29. The van der Waals surface area contributed by atoms with Crippen molar-refractivity contribution in [3.8, 4) is 0 Å². The number of rotatable bonds is 4. The molecular weight excluding hydrogens is 248 g/mol. The molecule has 0 atom stereocenters. The zero-order valence-corrected chi connectivity index (χ0v) is 13.3. The predicted molar refractivity (Wildman–Crippen MR) is 84.0 cm³/mol. The Morgan fingerprint density at radius 1 is 1.30 bits per heavy atom. The summed E-state index contributed by atoms with van der Waals surface area (Å²) in [5, 5.41) is 9.40. The van der Waals surface area contributed by atoms with Crippen LogP contribution in [-0.2, 0) is 13.0 Å². The molecule has 0 saturated heterocycles. The molecule has 3 heteroatoms. The Morgan fingerprint density at radius 2 is 1.95 bits per heavy atom. The molecule has 0 bridgehead atoms. The second kappa shape index (κ2) is 6.13. The van der Waals surface area contributed by atoms with Crippen LogP contribution in [0.3, 0.4) is 0 Å². The first kappa shape index (κ1) is 15.3. The smallest absolute Gasteiger partial charge is 0.129 e. The van der Waals surface area contributed by atoms with Crippen molar-refractivity contribution in [2.45, 2.75) is 65.5 Å². The second-order valence-corrected chi connectivity index (χ2v) is 6.84. The van der Waals surface area contributed by atoms with Crippen molar-refractivity contribution in [3.63, 3.8) is 0 Å². The van der Waals surface area contributed by atoms with Crippen LogP contribution in [0, 0.1) is 5.41 Å². The number of aliphatic hydroxyl groups is 1. The summed E-state index contributed by atoms with van der Waals surface area (Å²) >= 11 is 0. The molecular formula is C17H28N2O. The van der Waals surface area contributed by atoms with Crippen molar-refractivity contribution >= 4 is 5.82 Å². The molecule has 20 heavy (non-hydrogen) atoms. The van der Waals surface area contributed by atoms with Gasteiger partial charge in [0, 0.05) is 18.8 Å². The molecule has 0 unspecified atom stereocenters. The molecule has 1 aromatic rings. The molecule has 1 N–H and O–H groups in total. The average molecular weight is 276 g/mol. The summed E-state index contributed by atoms with van der Waals surface area (Å²) in [6.45, 7) is 6.93. The number of aryl methyl sites for hydroxylation is 1. The highest BCUT2D eigenvalue weighted by molar-refractivity contribution is 5.43. The van der Waals surface area contributed by atoms with Crippen molar-refractivity contribution < 1.29 is 5.11 Å². The van der Waals surface area contributed by atoms with Crippen LogP contribution < -0.4 is 4.90 Å². The normalized spacial score (nSPS) is 19.1. The molecule has 1 saturated carbocycles. The van der Waals surface area contributed by atoms with Crippen LogP contribution in [0.25, 0.3) is 0 Å². The van der Waals surface area contributed by atoms with Crippen molar-refractivity contribution in [2.75, 3.05) is 11.9 Å². The zero-order valence-electron chi connectivity index (χ0n) is 13.3. The summed E-state index contributed by atoms with van der Waals surface area (Å²) in [7, 11) is 2.14. The summed E-state index contributed by atoms with van der Waals surface area (Å²) in [4.78, 5) is 7.04. The SMILES string of the molecule is CCc1cc(CO)cc(N(C)C2CCC(C)(C)CC2)n1. The van der Waals surface area contributed by atoms with E-state index in [2.05, 4.69) is 32.7 Å². The number of nitrogens with zero attached hydrogens (tertiary/aromatic N) is 2. The van der Waals surface area contributed by atoms with Crippen LogP contribution in [0.4, 0.5) is 5.82 Å². The van der Waals surface area contributed by atoms with E-state index in [1.807, 2.05) is 12.1 Å². The first-order chi connectivity index (χ1) is 9.45. The van der Waals surface area contributed by atoms with E-state index >= 15 is 0 Å². The van der Waals surface area contributed by atoms with Gasteiger partial charge < -0.3 is 10.0 Å². The van der Waals surface area contributed by atoms with E-state index < -0.39 is 0 Å². The second-order valence-electron chi connectivity index (χ2n) is 6.84. The van der Waals surface area contributed by atoms with E-state index in [-0.39, 0.29) is 6.61 Å². The van der Waals surface area contributed by atoms with E-state index in [4.69, 9.17) is 4.98 Å². The minimum absolute atomic E-state index is 0.0913. The van der Waals surface area contributed by atoms with Gasteiger partial charge in [-0.2, -0.15) is 0 Å². The van der Waals surface area contributed by atoms with E-state index in [1.165, 1.54) is 25.7 Å². The minimum atomic E-state index is 0.0913. The third-order valence-corrected chi connectivity index (χ3v) is 4.69. The highest BCUT2D eigenvalue weighted by atomic mass is 16.3. The molecule has 1 aliphatic rings. The summed E-state index contributed by atoms with van der Waals surface area (Å²) in [5.41, 5.74) is 2.52. The number of aromatic nitrogens is 1. The quantitative estimate of drug-likeness (QED) is 0.913. The number of hydrogen-bond donors (Lipinski definition) is 1. The molecule has 0 radical (unpaired) electrons. The largest absolute Gasteiger partial charge is 0.392 e. The Kier molecular flexibility index (Phi) is 4.69. The van der Waals surface area contributed by atoms with E-state index in [1.54, 1.807) is 0 Å². The molecule has 0 spiro atoms. The molecule has 1 fully saturated rings. The first-order valence-corrected chi connectivity index (χ1v) is 7.78. The summed E-state index contributed by atoms with van der Waals surface area (Å²) in [5.74, 6) is 1.01. The van der Waals surface area contributed by atoms with Crippen molar-refractivity contribution in [1.82, 2.24) is 4.98 Å². The Balaban J connectivity index is 2.14. The molecule has 112 valence electrons. The van der Waals surface area contributed by atoms with Gasteiger partial charge in [-0.15, -0.1) is 0 Å². The molecule has 3 nitrogen and oxygen atoms in total. The van der Waals surface area contributed by atoms with Gasteiger partial charge in [-0.3, -0.25) is 0 Å². The molecule has 0 aromatic carbocycles. The van der Waals surface area contributed by atoms with Gasteiger partial charge in [-0.25, -0.2) is 4.98 Å². The molecule has 2 rings (SSSR count). The van der Waals surface area contributed by atoms with Crippen LogP contribution in [0.15, 0.2) is 12.1 Å². The van der Waals surface area contributed by atoms with Crippen molar-refractivity contribution in [2.24, 2.45) is 5.41 Å². The molecule has 1 heterocycles. The summed E-state index contributed by atoms with van der Waals surface area (Å²) in [6, 6.07) is 4.61. The summed E-state index contributed by atoms with van der Waals surface area (Å²) in [6.07, 6.45) is 5.93. The fourth-order valence-corrected chi connectivity index (χ4v) is 3.04. The lowest BCUT2D eigenvalue weighted by atomic mass is 9.75. The maximum Gasteiger partial charge on any atom is 0.129 e. The van der Waals surface area contributed by atoms with E-state index in [0.29, 0.717) is 11.5 Å². The summed E-state index contributed by atoms with van der Waals surface area (Å²) < 4.78 is 0. The Hall–Kier alpha value is -1.09. The maximum absolute atomic E-state index is 9.40. The standard InChI is InChI=1S/C17H28N2O/c1-5-14-10-13(12-20)11-16(18-14)19(4)15-6-8-17(2,3)9-7-15/h10-11,15,20H,5-9,12H2,1-4H3. The minimum Gasteiger partial charge on any atom is -0.392 e. The van der Waals surface area contributed by atoms with Gasteiger partial charge in [0.1, 0.15) is 5.82 Å². The molecule has 1 aromatic heterocycles. The van der Waals surface area contributed by atoms with Crippen LogP contribution in [0.2, 0.25) is 0 Å². The lowest BCUT2D eigenvalue weighted by Crippen LogP contribution is -2.37. The highest BCUT2D eigenvalue weighted by Crippen LogP contribution is 2.37. The predicted octanol–water partition coefficient (Wildman–Crippen LogP) is 3.54. The van der Waals surface area contributed by atoms with E-state index in [0.717, 1.165) is 23.5 Å². The topological polar surface area (TPSA) is 36.4 Å². The van der Waals surface area contributed by atoms with E-state index in [9.17, 15) is 5.11 Å². The van der Waals surface area contributed by atoms with Crippen LogP contribution in [0.5, 0.6) is 0 Å². The van der Waals surface area contributed by atoms with Crippen LogP contribution >= 0.6 is 0 Å². The van der Waals surface area contributed by atoms with Crippen LogP contribution in [-0.4, -0.2) is 23.2 Å². The molecule has 1 aliphatic carbocycles. The average Bonchev–Trinajstić information content (AvgIpc) is 2.46. The maximum atomic E-state index is 9.40. The van der Waals surface area contributed by atoms with Gasteiger partial charge >= 0.3 is 0 Å². The molecule has 0 amide bonds. The Labute approximate surface area is 123 Å². The fourth-order valence-electron chi connectivity index (χ4n) is 3.04. The van der Waals surface area contributed by atoms with Gasteiger partial charge in [0.25, 0.3) is 0 Å². The zero-order chi connectivity index (χ0) is 14.8. The van der Waals surface area contributed by atoms with Gasteiger partial charge in [-0.1, -0.05) is 20.8 Å². The van der Waals surface area contributed by atoms with Crippen molar-refractivity contribution in [3.05, 3.63) is 23.4 Å². The number of pyridine rings is 1. The number of hydrogen-bond acceptors (Lipinski definition) is 3. The molecule has 0 aliphatic heterocycles. The van der Waals surface area contributed by atoms with Crippen LogP contribution in [0.1, 0.15) is 57.7 Å². The van der Waals surface area contributed by atoms with Crippen molar-refractivity contribution in [1.29, 1.82) is 0 Å². The van der Waals surface area contributed by atoms with Gasteiger partial charge in [-0.05, 0) is 55.2 Å². The van der Waals surface area contributed by atoms with Gasteiger partial charge in [0.2, 0.25) is 0 Å². The number of aliphatic hydroxyl groups excluding tert-OH is 1. The Bertz CT molecular complexity index is 424. The Morgan fingerprint density at radius 3 is 2.50 bits per heavy atom. The number of anilines is 1. The van der Waals surface area contributed by atoms with Gasteiger partial charge in [0.05, 0.1) is 6.61 Å². The lowest BCUT2D eigenvalue weighted by molar-refractivity contribution is 0.222. The first-order valence-electron chi connectivity index (χ1n) is 7.78. The van der Waals surface area contributed by atoms with Gasteiger partial charge in [0.15, 0.2) is 0 Å². The third-order valence-electron chi connectivity index (χ3n) is 4.69.